The third-order valence-corrected chi connectivity index (χ3v) is 5.37. The smallest absolute Gasteiger partial charge is 0.251 e. The molecule has 3 rings (SSSR count). The van der Waals surface area contributed by atoms with Crippen LogP contribution in [0.4, 0.5) is 5.69 Å². The predicted octanol–water partition coefficient (Wildman–Crippen LogP) is 4.65. The van der Waals surface area contributed by atoms with Gasteiger partial charge in [0, 0.05) is 33.8 Å². The first-order valence-electron chi connectivity index (χ1n) is 8.95. The molecule has 0 bridgehead atoms. The standard InChI is InChI=1S/C23H23N3OS/c1-15-6-3-4-7-18(15)14-26-23(27)17-10-11-21(24)20(13-17)22(25)16-8-5-9-19(12-16)28-2/h3-13,25H,14,24H2,1-2H3,(H,26,27). The van der Waals surface area contributed by atoms with Crippen molar-refractivity contribution in [2.45, 2.75) is 18.4 Å². The van der Waals surface area contributed by atoms with Crippen molar-refractivity contribution in [3.63, 3.8) is 0 Å². The summed E-state index contributed by atoms with van der Waals surface area (Å²) >= 11 is 1.62. The van der Waals surface area contributed by atoms with Crippen LogP contribution in [0.15, 0.2) is 71.6 Å². The molecule has 3 aromatic rings. The van der Waals surface area contributed by atoms with E-state index in [4.69, 9.17) is 11.1 Å². The number of carbonyl (C=O) groups excluding carboxylic acids is 1. The van der Waals surface area contributed by atoms with Gasteiger partial charge in [-0.1, -0.05) is 36.4 Å². The molecule has 0 heterocycles. The van der Waals surface area contributed by atoms with Crippen LogP contribution >= 0.6 is 11.8 Å². The third-order valence-electron chi connectivity index (χ3n) is 4.64. The third kappa shape index (κ3) is 4.43. The molecular weight excluding hydrogens is 366 g/mol. The van der Waals surface area contributed by atoms with E-state index < -0.39 is 0 Å². The zero-order valence-electron chi connectivity index (χ0n) is 16.0. The normalized spacial score (nSPS) is 10.5. The van der Waals surface area contributed by atoms with Gasteiger partial charge in [0.1, 0.15) is 0 Å². The minimum absolute atomic E-state index is 0.185. The van der Waals surface area contributed by atoms with Crippen LogP contribution in [0.2, 0.25) is 0 Å². The summed E-state index contributed by atoms with van der Waals surface area (Å²) in [6.07, 6.45) is 2.00. The fraction of sp³-hybridized carbons (Fsp3) is 0.130. The number of thioether (sulfide) groups is 1. The number of carbonyl (C=O) groups is 1. The number of hydrogen-bond acceptors (Lipinski definition) is 4. The number of nitrogens with one attached hydrogen (secondary N) is 2. The summed E-state index contributed by atoms with van der Waals surface area (Å²) in [7, 11) is 0. The SMILES string of the molecule is CSc1cccc(C(=N)c2cc(C(=O)NCc3ccccc3C)ccc2N)c1. The molecular formula is C23H23N3OS. The van der Waals surface area contributed by atoms with Gasteiger partial charge in [-0.3, -0.25) is 10.2 Å². The van der Waals surface area contributed by atoms with Gasteiger partial charge < -0.3 is 11.1 Å². The van der Waals surface area contributed by atoms with Crippen molar-refractivity contribution in [2.75, 3.05) is 12.0 Å². The van der Waals surface area contributed by atoms with Crippen LogP contribution < -0.4 is 11.1 Å². The second kappa shape index (κ2) is 8.76. The lowest BCUT2D eigenvalue weighted by molar-refractivity contribution is 0.0951. The molecule has 4 nitrogen and oxygen atoms in total. The van der Waals surface area contributed by atoms with E-state index in [2.05, 4.69) is 5.32 Å². The summed E-state index contributed by atoms with van der Waals surface area (Å²) in [6.45, 7) is 2.48. The largest absolute Gasteiger partial charge is 0.398 e. The molecule has 0 aromatic heterocycles. The molecule has 0 saturated carbocycles. The molecule has 0 aliphatic rings. The molecule has 0 aliphatic carbocycles. The monoisotopic (exact) mass is 389 g/mol. The number of anilines is 1. The number of amides is 1. The maximum atomic E-state index is 12.6. The summed E-state index contributed by atoms with van der Waals surface area (Å²) in [6, 6.07) is 20.8. The van der Waals surface area contributed by atoms with Gasteiger partial charge in [-0.05, 0) is 54.6 Å². The molecule has 28 heavy (non-hydrogen) atoms. The number of hydrogen-bond donors (Lipinski definition) is 3. The summed E-state index contributed by atoms with van der Waals surface area (Å²) < 4.78 is 0. The first kappa shape index (κ1) is 19.7. The van der Waals surface area contributed by atoms with E-state index in [1.165, 1.54) is 0 Å². The van der Waals surface area contributed by atoms with Crippen LogP contribution in [0, 0.1) is 12.3 Å². The molecule has 0 fully saturated rings. The summed E-state index contributed by atoms with van der Waals surface area (Å²) in [5.41, 5.74) is 10.9. The number of rotatable bonds is 6. The lowest BCUT2D eigenvalue weighted by atomic mass is 9.98. The van der Waals surface area contributed by atoms with Crippen LogP contribution in [0.25, 0.3) is 0 Å². The van der Waals surface area contributed by atoms with Crippen molar-refractivity contribution in [3.8, 4) is 0 Å². The first-order chi connectivity index (χ1) is 13.5. The molecule has 0 atom stereocenters. The van der Waals surface area contributed by atoms with E-state index in [1.54, 1.807) is 30.0 Å². The van der Waals surface area contributed by atoms with Crippen molar-refractivity contribution in [2.24, 2.45) is 0 Å². The quantitative estimate of drug-likeness (QED) is 0.326. The molecule has 5 heteroatoms. The highest BCUT2D eigenvalue weighted by Crippen LogP contribution is 2.22. The van der Waals surface area contributed by atoms with Gasteiger partial charge in [-0.25, -0.2) is 0 Å². The Morgan fingerprint density at radius 3 is 2.57 bits per heavy atom. The van der Waals surface area contributed by atoms with Crippen LogP contribution in [0.5, 0.6) is 0 Å². The van der Waals surface area contributed by atoms with Gasteiger partial charge in [-0.15, -0.1) is 11.8 Å². The molecule has 1 amide bonds. The Balaban J connectivity index is 1.81. The average Bonchev–Trinajstić information content (AvgIpc) is 2.72. The summed E-state index contributed by atoms with van der Waals surface area (Å²) in [5, 5.41) is 11.5. The summed E-state index contributed by atoms with van der Waals surface area (Å²) in [5.74, 6) is -0.185. The molecule has 0 radical (unpaired) electrons. The van der Waals surface area contributed by atoms with Gasteiger partial charge >= 0.3 is 0 Å². The highest BCUT2D eigenvalue weighted by Gasteiger charge is 2.13. The van der Waals surface area contributed by atoms with Crippen LogP contribution in [0.1, 0.15) is 32.6 Å². The second-order valence-electron chi connectivity index (χ2n) is 6.52. The van der Waals surface area contributed by atoms with Gasteiger partial charge in [0.15, 0.2) is 0 Å². The average molecular weight is 390 g/mol. The number of nitrogens with two attached hydrogens (primary N) is 1. The number of nitrogen functional groups attached to an aromatic ring is 1. The molecule has 0 spiro atoms. The number of benzene rings is 3. The lowest BCUT2D eigenvalue weighted by Gasteiger charge is -2.12. The Bertz CT molecular complexity index is 1030. The Labute approximate surface area is 169 Å². The van der Waals surface area contributed by atoms with E-state index in [9.17, 15) is 4.79 Å². The van der Waals surface area contributed by atoms with Crippen LogP contribution in [-0.2, 0) is 6.54 Å². The van der Waals surface area contributed by atoms with Gasteiger partial charge in [0.2, 0.25) is 0 Å². The van der Waals surface area contributed by atoms with Gasteiger partial charge in [-0.2, -0.15) is 0 Å². The fourth-order valence-electron chi connectivity index (χ4n) is 2.93. The molecule has 3 aromatic carbocycles. The molecule has 142 valence electrons. The zero-order valence-corrected chi connectivity index (χ0v) is 16.8. The van der Waals surface area contributed by atoms with Crippen molar-refractivity contribution in [1.82, 2.24) is 5.32 Å². The maximum absolute atomic E-state index is 12.6. The van der Waals surface area contributed by atoms with E-state index in [0.717, 1.165) is 21.6 Å². The van der Waals surface area contributed by atoms with Crippen molar-refractivity contribution in [1.29, 1.82) is 5.41 Å². The van der Waals surface area contributed by atoms with E-state index in [1.807, 2.05) is 61.7 Å². The molecule has 4 N–H and O–H groups in total. The zero-order chi connectivity index (χ0) is 20.1. The highest BCUT2D eigenvalue weighted by molar-refractivity contribution is 7.98. The second-order valence-corrected chi connectivity index (χ2v) is 7.40. The minimum Gasteiger partial charge on any atom is -0.398 e. The van der Waals surface area contributed by atoms with Gasteiger partial charge in [0.05, 0.1) is 5.71 Å². The van der Waals surface area contributed by atoms with Crippen LogP contribution in [0.3, 0.4) is 0 Å². The Morgan fingerprint density at radius 1 is 1.04 bits per heavy atom. The summed E-state index contributed by atoms with van der Waals surface area (Å²) in [4.78, 5) is 13.7. The molecule has 0 unspecified atom stereocenters. The predicted molar refractivity (Wildman–Crippen MR) is 117 cm³/mol. The Hall–Kier alpha value is -3.05. The topological polar surface area (TPSA) is 79.0 Å². The van der Waals surface area contributed by atoms with Gasteiger partial charge in [0.25, 0.3) is 5.91 Å². The van der Waals surface area contributed by atoms with E-state index in [0.29, 0.717) is 29.1 Å². The van der Waals surface area contributed by atoms with E-state index >= 15 is 0 Å². The maximum Gasteiger partial charge on any atom is 0.251 e. The van der Waals surface area contributed by atoms with Crippen molar-refractivity contribution < 1.29 is 4.79 Å². The molecule has 0 saturated heterocycles. The van der Waals surface area contributed by atoms with Crippen molar-refractivity contribution in [3.05, 3.63) is 94.5 Å². The van der Waals surface area contributed by atoms with E-state index in [-0.39, 0.29) is 5.91 Å². The number of aryl methyl sites for hydroxylation is 1. The van der Waals surface area contributed by atoms with Crippen molar-refractivity contribution >= 4 is 29.1 Å². The minimum atomic E-state index is -0.185. The Kier molecular flexibility index (Phi) is 6.16. The first-order valence-corrected chi connectivity index (χ1v) is 10.2. The highest BCUT2D eigenvalue weighted by atomic mass is 32.2. The fourth-order valence-corrected chi connectivity index (χ4v) is 3.39. The van der Waals surface area contributed by atoms with Crippen LogP contribution in [-0.4, -0.2) is 17.9 Å². The molecule has 0 aliphatic heterocycles. The lowest BCUT2D eigenvalue weighted by Crippen LogP contribution is -2.23. The Morgan fingerprint density at radius 2 is 1.82 bits per heavy atom.